The Morgan fingerprint density at radius 1 is 1.30 bits per heavy atom. The summed E-state index contributed by atoms with van der Waals surface area (Å²) in [5.74, 6) is 0.0291. The predicted octanol–water partition coefficient (Wildman–Crippen LogP) is 2.52. The molecule has 0 aliphatic carbocycles. The number of hydrogen-bond acceptors (Lipinski definition) is 5. The summed E-state index contributed by atoms with van der Waals surface area (Å²) in [5.41, 5.74) is 2.62. The molecular formula is C17H23N3O3. The van der Waals surface area contributed by atoms with Gasteiger partial charge in [0, 0.05) is 0 Å². The first-order valence-corrected chi connectivity index (χ1v) is 7.78. The van der Waals surface area contributed by atoms with Gasteiger partial charge in [-0.15, -0.1) is 5.10 Å². The van der Waals surface area contributed by atoms with Crippen molar-refractivity contribution in [3.05, 3.63) is 41.2 Å². The van der Waals surface area contributed by atoms with E-state index in [0.717, 1.165) is 17.8 Å². The van der Waals surface area contributed by atoms with E-state index in [1.54, 1.807) is 22.9 Å². The monoisotopic (exact) mass is 317 g/mol. The molecule has 6 heteroatoms. The van der Waals surface area contributed by atoms with E-state index >= 15 is 0 Å². The van der Waals surface area contributed by atoms with E-state index in [-0.39, 0.29) is 18.7 Å². The molecule has 2 aromatic rings. The quantitative estimate of drug-likeness (QED) is 0.828. The van der Waals surface area contributed by atoms with Crippen molar-refractivity contribution in [1.29, 1.82) is 0 Å². The standard InChI is InChI=1S/C17H23N3O3/c1-11(2)8-16-15(10-21)18-19-20(16)14-7-5-6-13(9-14)17(22)23-12(3)4/h5-7,9,11-12,21H,8,10H2,1-4H3. The maximum absolute atomic E-state index is 12.1. The highest BCUT2D eigenvalue weighted by molar-refractivity contribution is 5.90. The third-order valence-corrected chi connectivity index (χ3v) is 3.26. The molecule has 1 N–H and O–H groups in total. The predicted molar refractivity (Wildman–Crippen MR) is 86.4 cm³/mol. The third-order valence-electron chi connectivity index (χ3n) is 3.26. The summed E-state index contributed by atoms with van der Waals surface area (Å²) in [6, 6.07) is 7.07. The van der Waals surface area contributed by atoms with Gasteiger partial charge in [-0.3, -0.25) is 0 Å². The molecule has 6 nitrogen and oxygen atoms in total. The van der Waals surface area contributed by atoms with E-state index in [1.807, 2.05) is 19.9 Å². The second kappa shape index (κ2) is 7.37. The molecule has 1 aromatic heterocycles. The van der Waals surface area contributed by atoms with Gasteiger partial charge in [-0.05, 0) is 44.4 Å². The zero-order valence-corrected chi connectivity index (χ0v) is 14.0. The van der Waals surface area contributed by atoms with Crippen LogP contribution in [-0.2, 0) is 17.8 Å². The van der Waals surface area contributed by atoms with Gasteiger partial charge in [0.25, 0.3) is 0 Å². The number of esters is 1. The van der Waals surface area contributed by atoms with Gasteiger partial charge in [-0.2, -0.15) is 0 Å². The van der Waals surface area contributed by atoms with Gasteiger partial charge in [0.1, 0.15) is 5.69 Å². The maximum Gasteiger partial charge on any atom is 0.338 e. The number of ether oxygens (including phenoxy) is 1. The zero-order chi connectivity index (χ0) is 17.0. The first-order chi connectivity index (χ1) is 10.9. The molecule has 0 bridgehead atoms. The Bertz CT molecular complexity index is 677. The molecule has 0 saturated heterocycles. The summed E-state index contributed by atoms with van der Waals surface area (Å²) in [6.45, 7) is 7.65. The Kier molecular flexibility index (Phi) is 5.50. The van der Waals surface area contributed by atoms with Gasteiger partial charge in [-0.1, -0.05) is 25.1 Å². The van der Waals surface area contributed by atoms with E-state index in [4.69, 9.17) is 4.74 Å². The molecule has 0 atom stereocenters. The third kappa shape index (κ3) is 4.16. The molecule has 0 unspecified atom stereocenters. The van der Waals surface area contributed by atoms with Crippen molar-refractivity contribution >= 4 is 5.97 Å². The van der Waals surface area contributed by atoms with E-state index < -0.39 is 0 Å². The van der Waals surface area contributed by atoms with Crippen molar-refractivity contribution in [2.24, 2.45) is 5.92 Å². The second-order valence-electron chi connectivity index (χ2n) is 6.16. The molecular weight excluding hydrogens is 294 g/mol. The number of nitrogens with zero attached hydrogens (tertiary/aromatic N) is 3. The molecule has 0 aliphatic rings. The molecule has 0 saturated carbocycles. The highest BCUT2D eigenvalue weighted by atomic mass is 16.5. The number of aliphatic hydroxyl groups is 1. The summed E-state index contributed by atoms with van der Waals surface area (Å²) in [4.78, 5) is 12.1. The largest absolute Gasteiger partial charge is 0.459 e. The number of carbonyl (C=O) groups excluding carboxylic acids is 1. The Labute approximate surface area is 136 Å². The summed E-state index contributed by atoms with van der Waals surface area (Å²) < 4.78 is 6.90. The Morgan fingerprint density at radius 3 is 2.65 bits per heavy atom. The van der Waals surface area contributed by atoms with Crippen molar-refractivity contribution in [2.45, 2.75) is 46.8 Å². The highest BCUT2D eigenvalue weighted by Gasteiger charge is 2.16. The SMILES string of the molecule is CC(C)Cc1c(CO)nnn1-c1cccc(C(=O)OC(C)C)c1. The van der Waals surface area contributed by atoms with E-state index in [9.17, 15) is 9.90 Å². The first-order valence-electron chi connectivity index (χ1n) is 7.78. The number of benzene rings is 1. The van der Waals surface area contributed by atoms with Crippen LogP contribution in [0.5, 0.6) is 0 Å². The van der Waals surface area contributed by atoms with Crippen LogP contribution in [0, 0.1) is 5.92 Å². The molecule has 2 rings (SSSR count). The van der Waals surface area contributed by atoms with Crippen molar-refractivity contribution in [2.75, 3.05) is 0 Å². The summed E-state index contributed by atoms with van der Waals surface area (Å²) in [6.07, 6.45) is 0.568. The van der Waals surface area contributed by atoms with Gasteiger partial charge in [-0.25, -0.2) is 9.48 Å². The van der Waals surface area contributed by atoms with Gasteiger partial charge in [0.05, 0.1) is 29.7 Å². The molecule has 23 heavy (non-hydrogen) atoms. The average molecular weight is 317 g/mol. The smallest absolute Gasteiger partial charge is 0.338 e. The minimum absolute atomic E-state index is 0.156. The number of aliphatic hydroxyl groups excluding tert-OH is 1. The minimum atomic E-state index is -0.366. The molecule has 1 heterocycles. The molecule has 124 valence electrons. The van der Waals surface area contributed by atoms with Gasteiger partial charge in [0.2, 0.25) is 0 Å². The van der Waals surface area contributed by atoms with Crippen LogP contribution in [0.2, 0.25) is 0 Å². The molecule has 0 aliphatic heterocycles. The molecule has 0 radical (unpaired) electrons. The highest BCUT2D eigenvalue weighted by Crippen LogP contribution is 2.18. The van der Waals surface area contributed by atoms with Crippen LogP contribution in [0.3, 0.4) is 0 Å². The van der Waals surface area contributed by atoms with Crippen LogP contribution in [-0.4, -0.2) is 32.2 Å². The van der Waals surface area contributed by atoms with Crippen molar-refractivity contribution in [3.8, 4) is 5.69 Å². The van der Waals surface area contributed by atoms with Crippen LogP contribution < -0.4 is 0 Å². The number of aromatic nitrogens is 3. The Hall–Kier alpha value is -2.21. The normalized spacial score (nSPS) is 11.3. The summed E-state index contributed by atoms with van der Waals surface area (Å²) >= 11 is 0. The van der Waals surface area contributed by atoms with Crippen LogP contribution in [0.4, 0.5) is 0 Å². The zero-order valence-electron chi connectivity index (χ0n) is 14.0. The van der Waals surface area contributed by atoms with E-state index in [0.29, 0.717) is 17.2 Å². The lowest BCUT2D eigenvalue weighted by molar-refractivity contribution is 0.0378. The summed E-state index contributed by atoms with van der Waals surface area (Å²) in [7, 11) is 0. The van der Waals surface area contributed by atoms with Gasteiger partial charge in [0.15, 0.2) is 0 Å². The Balaban J connectivity index is 2.39. The maximum atomic E-state index is 12.1. The number of hydrogen-bond donors (Lipinski definition) is 1. The van der Waals surface area contributed by atoms with Crippen LogP contribution in [0.1, 0.15) is 49.4 Å². The topological polar surface area (TPSA) is 77.2 Å². The summed E-state index contributed by atoms with van der Waals surface area (Å²) in [5, 5.41) is 17.6. The fraction of sp³-hybridized carbons (Fsp3) is 0.471. The number of carbonyl (C=O) groups is 1. The lowest BCUT2D eigenvalue weighted by atomic mass is 10.1. The van der Waals surface area contributed by atoms with Crippen molar-refractivity contribution < 1.29 is 14.6 Å². The van der Waals surface area contributed by atoms with Crippen LogP contribution in [0.25, 0.3) is 5.69 Å². The van der Waals surface area contributed by atoms with E-state index in [2.05, 4.69) is 24.2 Å². The van der Waals surface area contributed by atoms with Crippen LogP contribution in [0.15, 0.2) is 24.3 Å². The van der Waals surface area contributed by atoms with E-state index in [1.165, 1.54) is 0 Å². The molecule has 0 spiro atoms. The fourth-order valence-electron chi connectivity index (χ4n) is 2.30. The van der Waals surface area contributed by atoms with Gasteiger partial charge >= 0.3 is 5.97 Å². The lowest BCUT2D eigenvalue weighted by Gasteiger charge is -2.11. The molecule has 0 fully saturated rings. The Morgan fingerprint density at radius 2 is 2.04 bits per heavy atom. The fourth-order valence-corrected chi connectivity index (χ4v) is 2.30. The first kappa shape index (κ1) is 17.1. The van der Waals surface area contributed by atoms with Crippen LogP contribution >= 0.6 is 0 Å². The lowest BCUT2D eigenvalue weighted by Crippen LogP contribution is -2.13. The van der Waals surface area contributed by atoms with Gasteiger partial charge < -0.3 is 9.84 Å². The minimum Gasteiger partial charge on any atom is -0.459 e. The van der Waals surface area contributed by atoms with Crippen molar-refractivity contribution in [3.63, 3.8) is 0 Å². The average Bonchev–Trinajstić information content (AvgIpc) is 2.88. The molecule has 1 aromatic carbocycles. The number of rotatable bonds is 6. The second-order valence-corrected chi connectivity index (χ2v) is 6.16. The molecule has 0 amide bonds. The van der Waals surface area contributed by atoms with Crippen molar-refractivity contribution in [1.82, 2.24) is 15.0 Å².